The van der Waals surface area contributed by atoms with Crippen molar-refractivity contribution in [1.29, 1.82) is 0 Å². The number of fused-ring (bicyclic) bond motifs is 1. The Morgan fingerprint density at radius 1 is 1.02 bits per heavy atom. The first-order chi connectivity index (χ1) is 23.7. The quantitative estimate of drug-likeness (QED) is 0.305. The molecule has 272 valence electrons. The maximum atomic E-state index is 14.6. The number of piperidine rings is 1. The lowest BCUT2D eigenvalue weighted by atomic mass is 9.87. The van der Waals surface area contributed by atoms with E-state index in [9.17, 15) is 19.2 Å². The molecule has 0 radical (unpaired) electrons. The van der Waals surface area contributed by atoms with Crippen LogP contribution >= 0.6 is 0 Å². The molecule has 0 bridgehead atoms. The van der Waals surface area contributed by atoms with Crippen LogP contribution in [0.3, 0.4) is 0 Å². The van der Waals surface area contributed by atoms with Crippen molar-refractivity contribution in [3.63, 3.8) is 0 Å². The molecule has 1 N–H and O–H groups in total. The van der Waals surface area contributed by atoms with Gasteiger partial charge in [0.15, 0.2) is 5.60 Å². The first-order valence-corrected chi connectivity index (χ1v) is 17.5. The number of hydrogen-bond donors (Lipinski definition) is 1. The van der Waals surface area contributed by atoms with E-state index in [0.717, 1.165) is 18.4 Å². The van der Waals surface area contributed by atoms with Crippen molar-refractivity contribution in [2.75, 3.05) is 56.9 Å². The highest BCUT2D eigenvalue weighted by Crippen LogP contribution is 2.43. The normalized spacial score (nSPS) is 20.7. The first-order valence-electron chi connectivity index (χ1n) is 17.5. The van der Waals surface area contributed by atoms with Crippen molar-refractivity contribution in [3.05, 3.63) is 54.1 Å². The molecule has 50 heavy (non-hydrogen) atoms. The first kappa shape index (κ1) is 37.1. The fourth-order valence-corrected chi connectivity index (χ4v) is 6.65. The molecule has 2 heterocycles. The Morgan fingerprint density at radius 2 is 1.72 bits per heavy atom. The van der Waals surface area contributed by atoms with Gasteiger partial charge in [-0.3, -0.25) is 14.4 Å². The van der Waals surface area contributed by atoms with E-state index in [1.807, 2.05) is 48.5 Å². The second-order valence-electron chi connectivity index (χ2n) is 14.9. The zero-order valence-corrected chi connectivity index (χ0v) is 30.4. The molecule has 12 heteroatoms. The minimum Gasteiger partial charge on any atom is -0.476 e. The lowest BCUT2D eigenvalue weighted by molar-refractivity contribution is -0.133. The van der Waals surface area contributed by atoms with Crippen LogP contribution in [0.1, 0.15) is 71.9 Å². The van der Waals surface area contributed by atoms with E-state index in [1.165, 1.54) is 4.90 Å². The lowest BCUT2D eigenvalue weighted by Gasteiger charge is -2.40. The van der Waals surface area contributed by atoms with E-state index in [0.29, 0.717) is 36.7 Å². The monoisotopic (exact) mass is 692 g/mol. The highest BCUT2D eigenvalue weighted by atomic mass is 16.6. The van der Waals surface area contributed by atoms with Gasteiger partial charge in [-0.15, -0.1) is 0 Å². The van der Waals surface area contributed by atoms with E-state index in [4.69, 9.17) is 18.9 Å². The summed E-state index contributed by atoms with van der Waals surface area (Å²) in [5.41, 5.74) is 0.338. The predicted molar refractivity (Wildman–Crippen MR) is 189 cm³/mol. The van der Waals surface area contributed by atoms with Gasteiger partial charge < -0.3 is 39.0 Å². The average Bonchev–Trinajstić information content (AvgIpc) is 3.91. The number of likely N-dealkylation sites (tertiary alicyclic amines) is 1. The van der Waals surface area contributed by atoms with Crippen LogP contribution in [0.25, 0.3) is 0 Å². The van der Waals surface area contributed by atoms with Crippen molar-refractivity contribution in [1.82, 2.24) is 10.2 Å². The number of methoxy groups -OCH3 is 2. The smallest absolute Gasteiger partial charge is 0.410 e. The number of amides is 4. The third kappa shape index (κ3) is 8.76. The van der Waals surface area contributed by atoms with Gasteiger partial charge in [0, 0.05) is 52.2 Å². The Hall–Kier alpha value is -4.16. The number of nitrogens with one attached hydrogen (secondary N) is 1. The van der Waals surface area contributed by atoms with Gasteiger partial charge in [-0.2, -0.15) is 0 Å². The molecule has 2 aromatic rings. The standard InChI is InChI=1S/C38H52N4O8/c1-37(2,3)50-36(46)40-22-26(33(43)39-30(24-48-7)25-12-9-8-10-13-25)20-27(23-40)34(44)42(28-14-15-28)29-16-17-32-31(21-29)41(18-11-19-47-6)35(45)38(4,5)49-32/h8-10,12-13,16-17,21,26-28,30H,11,14-15,18-20,22-24H2,1-7H3,(H,39,43)/t26-,27+,30+/m0/s1. The van der Waals surface area contributed by atoms with E-state index >= 15 is 0 Å². The van der Waals surface area contributed by atoms with Crippen LogP contribution in [-0.4, -0.2) is 93.0 Å². The maximum Gasteiger partial charge on any atom is 0.410 e. The molecule has 2 aliphatic heterocycles. The lowest BCUT2D eigenvalue weighted by Crippen LogP contribution is -2.54. The summed E-state index contributed by atoms with van der Waals surface area (Å²) < 4.78 is 22.5. The maximum absolute atomic E-state index is 14.6. The number of ether oxygens (including phenoxy) is 4. The van der Waals surface area contributed by atoms with E-state index in [1.54, 1.807) is 58.6 Å². The van der Waals surface area contributed by atoms with Gasteiger partial charge in [-0.05, 0) is 84.1 Å². The van der Waals surface area contributed by atoms with Crippen LogP contribution in [0.4, 0.5) is 16.2 Å². The number of carbonyl (C=O) groups is 4. The molecule has 0 unspecified atom stereocenters. The molecule has 2 aromatic carbocycles. The number of benzene rings is 2. The molecular formula is C38H52N4O8. The molecule has 3 atom stereocenters. The van der Waals surface area contributed by atoms with E-state index in [2.05, 4.69) is 5.32 Å². The number of hydrogen-bond acceptors (Lipinski definition) is 8. The molecule has 2 fully saturated rings. The molecule has 1 saturated heterocycles. The van der Waals surface area contributed by atoms with Gasteiger partial charge in [0.1, 0.15) is 11.4 Å². The van der Waals surface area contributed by atoms with Crippen molar-refractivity contribution in [3.8, 4) is 5.75 Å². The molecule has 3 aliphatic rings. The fourth-order valence-electron chi connectivity index (χ4n) is 6.65. The zero-order valence-electron chi connectivity index (χ0n) is 30.4. The summed E-state index contributed by atoms with van der Waals surface area (Å²) in [6.07, 6.45) is 1.97. The highest BCUT2D eigenvalue weighted by molar-refractivity contribution is 6.04. The van der Waals surface area contributed by atoms with E-state index in [-0.39, 0.29) is 49.9 Å². The minimum absolute atomic E-state index is 0.0347. The molecule has 0 spiro atoms. The topological polar surface area (TPSA) is 127 Å². The van der Waals surface area contributed by atoms with Gasteiger partial charge in [-0.25, -0.2) is 4.79 Å². The van der Waals surface area contributed by atoms with Crippen LogP contribution in [0, 0.1) is 11.8 Å². The Morgan fingerprint density at radius 3 is 2.36 bits per heavy atom. The van der Waals surface area contributed by atoms with Crippen molar-refractivity contribution >= 4 is 35.2 Å². The second kappa shape index (κ2) is 15.4. The summed E-state index contributed by atoms with van der Waals surface area (Å²) in [5, 5.41) is 3.11. The molecule has 12 nitrogen and oxygen atoms in total. The van der Waals surface area contributed by atoms with Gasteiger partial charge in [-0.1, -0.05) is 30.3 Å². The largest absolute Gasteiger partial charge is 0.476 e. The molecule has 1 aliphatic carbocycles. The number of anilines is 2. The molecule has 5 rings (SSSR count). The third-order valence-corrected chi connectivity index (χ3v) is 9.19. The van der Waals surface area contributed by atoms with Crippen molar-refractivity contribution in [2.24, 2.45) is 11.8 Å². The summed E-state index contributed by atoms with van der Waals surface area (Å²) in [5.74, 6) is -1.38. The Labute approximate surface area is 295 Å². The molecular weight excluding hydrogens is 640 g/mol. The number of rotatable bonds is 12. The molecule has 0 aromatic heterocycles. The van der Waals surface area contributed by atoms with Crippen molar-refractivity contribution in [2.45, 2.75) is 83.6 Å². The number of carbonyl (C=O) groups excluding carboxylic acids is 4. The summed E-state index contributed by atoms with van der Waals surface area (Å²) in [6, 6.07) is 14.6. The predicted octanol–water partition coefficient (Wildman–Crippen LogP) is 5.10. The second-order valence-corrected chi connectivity index (χ2v) is 14.9. The SMILES string of the molecule is COCCCN1C(=O)C(C)(C)Oc2ccc(N(C(=O)[C@@H]3C[C@H](C(=O)N[C@H](COC)c4ccccc4)CN(C(=O)OC(C)(C)C)C3)C3CC3)cc21. The molecule has 1 saturated carbocycles. The Balaban J connectivity index is 1.43. The van der Waals surface area contributed by atoms with Crippen LogP contribution in [-0.2, 0) is 28.6 Å². The molecule has 4 amide bonds. The van der Waals surface area contributed by atoms with Gasteiger partial charge in [0.2, 0.25) is 11.8 Å². The Kier molecular flexibility index (Phi) is 11.4. The average molecular weight is 693 g/mol. The summed E-state index contributed by atoms with van der Waals surface area (Å²) in [7, 11) is 3.21. The summed E-state index contributed by atoms with van der Waals surface area (Å²) in [4.78, 5) is 60.5. The Bertz CT molecular complexity index is 1540. The van der Waals surface area contributed by atoms with Crippen LogP contribution in [0.15, 0.2) is 48.5 Å². The highest BCUT2D eigenvalue weighted by Gasteiger charge is 2.45. The summed E-state index contributed by atoms with van der Waals surface area (Å²) >= 11 is 0. The summed E-state index contributed by atoms with van der Waals surface area (Å²) in [6.45, 7) is 10.3. The van der Waals surface area contributed by atoms with Crippen molar-refractivity contribution < 1.29 is 38.1 Å². The number of nitrogens with zero attached hydrogens (tertiary/aromatic N) is 3. The third-order valence-electron chi connectivity index (χ3n) is 9.19. The minimum atomic E-state index is -1.04. The van der Waals surface area contributed by atoms with Gasteiger partial charge in [0.05, 0.1) is 30.2 Å². The van der Waals surface area contributed by atoms with Crippen LogP contribution in [0.5, 0.6) is 5.75 Å². The zero-order chi connectivity index (χ0) is 36.2. The fraction of sp³-hybridized carbons (Fsp3) is 0.579. The van der Waals surface area contributed by atoms with Gasteiger partial charge in [0.25, 0.3) is 5.91 Å². The van der Waals surface area contributed by atoms with Crippen LogP contribution < -0.4 is 19.9 Å². The van der Waals surface area contributed by atoms with Crippen LogP contribution in [0.2, 0.25) is 0 Å². The van der Waals surface area contributed by atoms with Gasteiger partial charge >= 0.3 is 6.09 Å². The van der Waals surface area contributed by atoms with E-state index < -0.39 is 35.2 Å².